The van der Waals surface area contributed by atoms with Crippen molar-refractivity contribution in [3.8, 4) is 17.5 Å². The molecule has 0 aliphatic carbocycles. The van der Waals surface area contributed by atoms with Crippen LogP contribution in [-0.2, 0) is 0 Å². The van der Waals surface area contributed by atoms with Crippen molar-refractivity contribution in [3.63, 3.8) is 0 Å². The van der Waals surface area contributed by atoms with Gasteiger partial charge in [0.05, 0.1) is 17.1 Å². The minimum atomic E-state index is -0.520. The summed E-state index contributed by atoms with van der Waals surface area (Å²) in [6.45, 7) is 3.64. The lowest BCUT2D eigenvalue weighted by Crippen LogP contribution is -2.32. The van der Waals surface area contributed by atoms with Crippen molar-refractivity contribution < 1.29 is 4.79 Å². The van der Waals surface area contributed by atoms with Gasteiger partial charge in [0, 0.05) is 47.3 Å². The van der Waals surface area contributed by atoms with E-state index in [1.807, 2.05) is 73.7 Å². The molecule has 0 radical (unpaired) electrons. The molecule has 4 aromatic heterocycles. The first-order valence-electron chi connectivity index (χ1n) is 12.8. The first-order chi connectivity index (χ1) is 19.5. The molecule has 1 N–H and O–H groups in total. The zero-order chi connectivity index (χ0) is 27.6. The van der Waals surface area contributed by atoms with Gasteiger partial charge in [-0.1, -0.05) is 42.2 Å². The van der Waals surface area contributed by atoms with E-state index in [2.05, 4.69) is 32.2 Å². The van der Waals surface area contributed by atoms with E-state index < -0.39 is 6.04 Å². The minimum absolute atomic E-state index is 0.218. The van der Waals surface area contributed by atoms with Crippen molar-refractivity contribution in [2.45, 2.75) is 19.9 Å². The number of nitrogens with one attached hydrogen (secondary N) is 1. The van der Waals surface area contributed by atoms with Crippen molar-refractivity contribution in [2.24, 2.45) is 0 Å². The molecule has 0 spiro atoms. The van der Waals surface area contributed by atoms with Crippen LogP contribution in [0.1, 0.15) is 45.8 Å². The van der Waals surface area contributed by atoms with E-state index in [0.29, 0.717) is 39.2 Å². The third-order valence-corrected chi connectivity index (χ3v) is 6.68. The largest absolute Gasteiger partial charge is 0.344 e. The molecule has 0 bridgehead atoms. The fourth-order valence-electron chi connectivity index (χ4n) is 4.83. The summed E-state index contributed by atoms with van der Waals surface area (Å²) in [5, 5.41) is 8.72. The molecule has 0 saturated heterocycles. The van der Waals surface area contributed by atoms with Gasteiger partial charge in [-0.25, -0.2) is 9.50 Å². The molecule has 6 rings (SSSR count). The van der Waals surface area contributed by atoms with Crippen LogP contribution in [-0.4, -0.2) is 30.1 Å². The number of fused-ring (bicyclic) bond motifs is 2. The predicted octanol–water partition coefficient (Wildman–Crippen LogP) is 4.63. The van der Waals surface area contributed by atoms with Crippen LogP contribution in [0.15, 0.2) is 102 Å². The Morgan fingerprint density at radius 3 is 2.62 bits per heavy atom. The molecule has 194 valence electrons. The van der Waals surface area contributed by atoms with Crippen LogP contribution >= 0.6 is 0 Å². The van der Waals surface area contributed by atoms with Gasteiger partial charge in [-0.15, -0.1) is 0 Å². The first kappa shape index (κ1) is 24.8. The zero-order valence-corrected chi connectivity index (χ0v) is 21.9. The number of nitrogens with zero attached hydrogens (tertiary/aromatic N) is 5. The highest BCUT2D eigenvalue weighted by Crippen LogP contribution is 2.24. The van der Waals surface area contributed by atoms with E-state index in [-0.39, 0.29) is 11.5 Å². The average molecular weight is 525 g/mol. The molecule has 8 heteroatoms. The second kappa shape index (κ2) is 10.3. The SMILES string of the molecule is Cc1nn2cccnc2c1C(=O)NC(C)c1cc2cccc(C#Cc3cccnc3)c2c(=O)n1-c1ccccc1. The Kier molecular flexibility index (Phi) is 6.38. The monoisotopic (exact) mass is 524 g/mol. The number of hydrogen-bond donors (Lipinski definition) is 1. The summed E-state index contributed by atoms with van der Waals surface area (Å²) in [6, 6.07) is 21.9. The van der Waals surface area contributed by atoms with E-state index >= 15 is 0 Å². The summed E-state index contributed by atoms with van der Waals surface area (Å²) < 4.78 is 3.22. The van der Waals surface area contributed by atoms with Crippen molar-refractivity contribution in [2.75, 3.05) is 0 Å². The molecule has 0 aliphatic heterocycles. The number of para-hydroxylation sites is 1. The van der Waals surface area contributed by atoms with Crippen LogP contribution in [0.4, 0.5) is 0 Å². The highest BCUT2D eigenvalue weighted by molar-refractivity contribution is 6.01. The molecule has 0 saturated carbocycles. The van der Waals surface area contributed by atoms with Crippen molar-refractivity contribution in [3.05, 3.63) is 136 Å². The fourth-order valence-corrected chi connectivity index (χ4v) is 4.83. The van der Waals surface area contributed by atoms with E-state index in [9.17, 15) is 9.59 Å². The van der Waals surface area contributed by atoms with Crippen LogP contribution in [0, 0.1) is 18.8 Å². The van der Waals surface area contributed by atoms with E-state index in [1.165, 1.54) is 0 Å². The number of carbonyl (C=O) groups is 1. The molecule has 1 atom stereocenters. The minimum Gasteiger partial charge on any atom is -0.344 e. The number of pyridine rings is 2. The summed E-state index contributed by atoms with van der Waals surface area (Å²) in [5.41, 5.74) is 3.92. The molecular weight excluding hydrogens is 500 g/mol. The quantitative estimate of drug-likeness (QED) is 0.340. The van der Waals surface area contributed by atoms with Crippen molar-refractivity contribution >= 4 is 22.3 Å². The molecular formula is C32H24N6O2. The van der Waals surface area contributed by atoms with Gasteiger partial charge in [0.15, 0.2) is 5.65 Å². The van der Waals surface area contributed by atoms with Gasteiger partial charge < -0.3 is 5.32 Å². The second-order valence-electron chi connectivity index (χ2n) is 9.35. The van der Waals surface area contributed by atoms with Gasteiger partial charge in [0.2, 0.25) is 0 Å². The van der Waals surface area contributed by atoms with Gasteiger partial charge in [0.25, 0.3) is 11.5 Å². The van der Waals surface area contributed by atoms with Crippen LogP contribution in [0.25, 0.3) is 22.1 Å². The number of aryl methyl sites for hydroxylation is 1. The highest BCUT2D eigenvalue weighted by atomic mass is 16.2. The zero-order valence-electron chi connectivity index (χ0n) is 21.9. The third kappa shape index (κ3) is 4.50. The molecule has 1 unspecified atom stereocenters. The number of carbonyl (C=O) groups excluding carboxylic acids is 1. The standard InChI is InChI=1S/C32H24N6O2/c1-21(35-31(39)28-22(2)36-37-18-8-17-34-30(28)37)27-19-25-11-6-10-24(15-14-23-9-7-16-33-20-23)29(25)32(40)38(27)26-12-4-3-5-13-26/h3-13,16-21H,1-2H3,(H,35,39). The number of aromatic nitrogens is 5. The maximum Gasteiger partial charge on any atom is 0.264 e. The van der Waals surface area contributed by atoms with Crippen LogP contribution in [0.5, 0.6) is 0 Å². The molecule has 6 aromatic rings. The highest BCUT2D eigenvalue weighted by Gasteiger charge is 2.23. The Morgan fingerprint density at radius 1 is 0.975 bits per heavy atom. The normalized spacial score (nSPS) is 11.7. The van der Waals surface area contributed by atoms with E-state index in [0.717, 1.165) is 10.9 Å². The molecule has 0 fully saturated rings. The van der Waals surface area contributed by atoms with Gasteiger partial charge in [0.1, 0.15) is 5.56 Å². The Labute approximate surface area is 230 Å². The van der Waals surface area contributed by atoms with Crippen LogP contribution < -0.4 is 10.9 Å². The maximum atomic E-state index is 14.2. The number of benzene rings is 2. The maximum absolute atomic E-state index is 14.2. The summed E-state index contributed by atoms with van der Waals surface area (Å²) >= 11 is 0. The average Bonchev–Trinajstić information content (AvgIpc) is 3.32. The van der Waals surface area contributed by atoms with Crippen LogP contribution in [0.3, 0.4) is 0 Å². The Bertz CT molecular complexity index is 2000. The Hall–Kier alpha value is -5.55. The summed E-state index contributed by atoms with van der Waals surface area (Å²) in [4.78, 5) is 36.1. The lowest BCUT2D eigenvalue weighted by molar-refractivity contribution is 0.0939. The van der Waals surface area contributed by atoms with Gasteiger partial charge in [-0.05, 0) is 61.7 Å². The molecule has 0 aliphatic rings. The lowest BCUT2D eigenvalue weighted by atomic mass is 10.0. The Morgan fingerprint density at radius 2 is 1.82 bits per heavy atom. The number of rotatable bonds is 4. The summed E-state index contributed by atoms with van der Waals surface area (Å²) in [5.74, 6) is 5.95. The molecule has 1 amide bonds. The summed E-state index contributed by atoms with van der Waals surface area (Å²) in [6.07, 6.45) is 6.75. The van der Waals surface area contributed by atoms with Crippen molar-refractivity contribution in [1.82, 2.24) is 29.5 Å². The molecule has 40 heavy (non-hydrogen) atoms. The predicted molar refractivity (Wildman–Crippen MR) is 153 cm³/mol. The third-order valence-electron chi connectivity index (χ3n) is 6.68. The number of amides is 1. The second-order valence-corrected chi connectivity index (χ2v) is 9.35. The molecule has 4 heterocycles. The van der Waals surface area contributed by atoms with Gasteiger partial charge >= 0.3 is 0 Å². The lowest BCUT2D eigenvalue weighted by Gasteiger charge is -2.21. The van der Waals surface area contributed by atoms with Gasteiger partial charge in [-0.2, -0.15) is 5.10 Å². The molecule has 8 nitrogen and oxygen atoms in total. The summed E-state index contributed by atoms with van der Waals surface area (Å²) in [7, 11) is 0. The van der Waals surface area contributed by atoms with E-state index in [1.54, 1.807) is 46.9 Å². The molecule has 2 aromatic carbocycles. The van der Waals surface area contributed by atoms with Gasteiger partial charge in [-0.3, -0.25) is 19.1 Å². The van der Waals surface area contributed by atoms with E-state index in [4.69, 9.17) is 0 Å². The first-order valence-corrected chi connectivity index (χ1v) is 12.8. The topological polar surface area (TPSA) is 94.2 Å². The smallest absolute Gasteiger partial charge is 0.264 e. The van der Waals surface area contributed by atoms with Crippen molar-refractivity contribution in [1.29, 1.82) is 0 Å². The fraction of sp³-hybridized carbons (Fsp3) is 0.0938. The Balaban J connectivity index is 1.48. The number of hydrogen-bond acceptors (Lipinski definition) is 5. The van der Waals surface area contributed by atoms with Crippen LogP contribution in [0.2, 0.25) is 0 Å².